The second kappa shape index (κ2) is 18.6. The van der Waals surface area contributed by atoms with Gasteiger partial charge in [-0.3, -0.25) is 0 Å². The predicted octanol–water partition coefficient (Wildman–Crippen LogP) is 21.6. The summed E-state index contributed by atoms with van der Waals surface area (Å²) in [7, 11) is 0. The highest BCUT2D eigenvalue weighted by Crippen LogP contribution is 2.67. The summed E-state index contributed by atoms with van der Waals surface area (Å²) in [6.45, 7) is 8.00. The lowest BCUT2D eigenvalue weighted by atomic mass is 9.64. The van der Waals surface area contributed by atoms with E-state index in [1.807, 2.05) is 103 Å². The smallest absolute Gasteiger partial charge is 0.187 e. The minimum atomic E-state index is -1.07. The number of halogens is 2. The summed E-state index contributed by atoms with van der Waals surface area (Å²) >= 11 is 0. The Hall–Kier alpha value is -11.8. The maximum absolute atomic E-state index is 15.9. The fourth-order valence-corrected chi connectivity index (χ4v) is 14.1. The summed E-state index contributed by atoms with van der Waals surface area (Å²) in [5.41, 5.74) is 15.1. The third-order valence-electron chi connectivity index (χ3n) is 17.6. The maximum atomic E-state index is 15.9. The molecule has 2 aromatic heterocycles. The van der Waals surface area contributed by atoms with E-state index in [4.69, 9.17) is 15.4 Å². The Morgan fingerprint density at radius 2 is 0.802 bits per heavy atom. The van der Waals surface area contributed by atoms with Crippen LogP contribution in [0.2, 0.25) is 0 Å². The van der Waals surface area contributed by atoms with E-state index in [0.717, 1.165) is 106 Å². The van der Waals surface area contributed by atoms with Gasteiger partial charge >= 0.3 is 0 Å². The summed E-state index contributed by atoms with van der Waals surface area (Å²) in [6, 6.07) is 89.4. The lowest BCUT2D eigenvalue weighted by Gasteiger charge is -2.45. The maximum Gasteiger partial charge on any atom is 0.187 e. The highest BCUT2D eigenvalue weighted by atomic mass is 19.1. The van der Waals surface area contributed by atoms with Crippen LogP contribution in [-0.4, -0.2) is 0 Å². The summed E-state index contributed by atoms with van der Waals surface area (Å²) in [6.07, 6.45) is 0. The SMILES string of the molecule is [C-]#[N+]c1ccc(N(c2cc3c(c4ccccc24)-c2c(cc(N(c4ccc(C#N)cc4)c4cccc5c4oc4c(F)cccc45)c4ccccc24)C32c3ccccc3N(c3ccccc3)c3ccccc32)c2cccc3c2oc2c(F)cccc23)cc1. The molecule has 2 aliphatic rings. The van der Waals surface area contributed by atoms with E-state index >= 15 is 8.78 Å². The first-order valence-corrected chi connectivity index (χ1v) is 28.4. The topological polar surface area (TPSA) is 64.2 Å². The van der Waals surface area contributed by atoms with E-state index in [0.29, 0.717) is 44.6 Å². The molecule has 3 heterocycles. The van der Waals surface area contributed by atoms with E-state index in [9.17, 15) is 5.26 Å². The summed E-state index contributed by atoms with van der Waals surface area (Å²) in [5, 5.41) is 16.9. The van der Waals surface area contributed by atoms with Crippen LogP contribution >= 0.6 is 0 Å². The molecule has 1 aliphatic heterocycles. The molecule has 7 nitrogen and oxygen atoms in total. The molecule has 86 heavy (non-hydrogen) atoms. The van der Waals surface area contributed by atoms with Gasteiger partial charge in [0.05, 0.1) is 57.7 Å². The van der Waals surface area contributed by atoms with Crippen molar-refractivity contribution in [1.82, 2.24) is 0 Å². The van der Waals surface area contributed by atoms with Gasteiger partial charge in [0, 0.05) is 49.4 Å². The normalized spacial score (nSPS) is 12.8. The van der Waals surface area contributed by atoms with Gasteiger partial charge in [-0.05, 0) is 141 Å². The van der Waals surface area contributed by atoms with Gasteiger partial charge in [0.1, 0.15) is 0 Å². The molecule has 9 heteroatoms. The molecule has 0 atom stereocenters. The van der Waals surface area contributed by atoms with E-state index in [-0.39, 0.29) is 11.2 Å². The van der Waals surface area contributed by atoms with Crippen molar-refractivity contribution in [3.05, 3.63) is 312 Å². The largest absolute Gasteiger partial charge is 0.451 e. The summed E-state index contributed by atoms with van der Waals surface area (Å²) in [4.78, 5) is 10.6. The number of anilines is 9. The molecule has 13 aromatic carbocycles. The lowest BCUT2D eigenvalue weighted by Crippen LogP contribution is -2.36. The number of fused-ring (bicyclic) bond motifs is 19. The van der Waals surface area contributed by atoms with Gasteiger partial charge in [-0.15, -0.1) is 0 Å². The molecule has 15 aromatic rings. The van der Waals surface area contributed by atoms with Crippen LogP contribution < -0.4 is 14.7 Å². The average Bonchev–Trinajstić information content (AvgIpc) is 1.47. The molecule has 0 amide bonds. The first-order chi connectivity index (χ1) is 42.4. The van der Waals surface area contributed by atoms with Crippen LogP contribution in [0.4, 0.5) is 65.7 Å². The van der Waals surface area contributed by atoms with Gasteiger partial charge in [0.25, 0.3) is 0 Å². The van der Waals surface area contributed by atoms with Crippen molar-refractivity contribution < 1.29 is 17.6 Å². The minimum absolute atomic E-state index is 0.170. The molecule has 0 saturated heterocycles. The Morgan fingerprint density at radius 1 is 0.395 bits per heavy atom. The molecular weight excluding hydrogens is 1060 g/mol. The standard InChI is InChI=1S/C77H43F2N5O2/c1-81-47-37-41-50(42-38-47)84(68-34-16-26-58-56-24-14-30-64(79)74(56)86-76(58)68)70-44-62-72(54-22-8-6-20-52(54)70)71-53-21-7-5-19-51(53)69(83(49-39-35-46(45-80)36-40-49)67-33-15-25-57-55-23-13-29-63(78)73(55)85-75(57)67)43-61(71)77(62)59-27-9-11-31-65(59)82(48-17-3-2-4-18-48)66-32-12-10-28-60(66)77/h2-44H. The lowest BCUT2D eigenvalue weighted by molar-refractivity contribution is 0.584. The van der Waals surface area contributed by atoms with E-state index < -0.39 is 17.0 Å². The monoisotopic (exact) mass is 1110 g/mol. The fraction of sp³-hybridized carbons (Fsp3) is 0.0130. The number of furan rings is 2. The third-order valence-corrected chi connectivity index (χ3v) is 17.6. The Morgan fingerprint density at radius 3 is 1.28 bits per heavy atom. The molecule has 0 bridgehead atoms. The number of nitrogens with zero attached hydrogens (tertiary/aromatic N) is 5. The van der Waals surface area contributed by atoms with Crippen LogP contribution in [-0.2, 0) is 5.41 Å². The fourth-order valence-electron chi connectivity index (χ4n) is 14.1. The number of hydrogen-bond acceptors (Lipinski definition) is 6. The first kappa shape index (κ1) is 48.9. The zero-order valence-electron chi connectivity index (χ0n) is 45.6. The number of hydrogen-bond donors (Lipinski definition) is 0. The number of rotatable bonds is 7. The third kappa shape index (κ3) is 6.79. The molecule has 0 saturated carbocycles. The quantitative estimate of drug-likeness (QED) is 0.148. The van der Waals surface area contributed by atoms with E-state index in [1.165, 1.54) is 12.1 Å². The molecule has 0 radical (unpaired) electrons. The number of para-hydroxylation sites is 7. The Bertz CT molecular complexity index is 5130. The van der Waals surface area contributed by atoms with Crippen molar-refractivity contribution in [2.24, 2.45) is 0 Å². The van der Waals surface area contributed by atoms with E-state index in [2.05, 4.69) is 159 Å². The Labute approximate surface area is 491 Å². The van der Waals surface area contributed by atoms with Crippen LogP contribution in [0.25, 0.3) is 81.4 Å². The molecule has 17 rings (SSSR count). The molecule has 0 unspecified atom stereocenters. The van der Waals surface area contributed by atoms with E-state index in [1.54, 1.807) is 12.1 Å². The molecule has 402 valence electrons. The number of nitriles is 1. The van der Waals surface area contributed by atoms with Crippen molar-refractivity contribution in [2.45, 2.75) is 5.41 Å². The van der Waals surface area contributed by atoms with Gasteiger partial charge in [-0.2, -0.15) is 5.26 Å². The van der Waals surface area contributed by atoms with Gasteiger partial charge < -0.3 is 23.5 Å². The zero-order valence-corrected chi connectivity index (χ0v) is 45.6. The second-order valence-electron chi connectivity index (χ2n) is 21.9. The summed E-state index contributed by atoms with van der Waals surface area (Å²) in [5.74, 6) is -0.905. The highest BCUT2D eigenvalue weighted by molar-refractivity contribution is 6.21. The Kier molecular flexibility index (Phi) is 10.6. The molecule has 1 spiro atoms. The van der Waals surface area contributed by atoms with Crippen LogP contribution in [0.3, 0.4) is 0 Å². The van der Waals surface area contributed by atoms with Gasteiger partial charge in [-0.25, -0.2) is 13.6 Å². The first-order valence-electron chi connectivity index (χ1n) is 28.4. The van der Waals surface area contributed by atoms with Gasteiger partial charge in [0.2, 0.25) is 0 Å². The van der Waals surface area contributed by atoms with Crippen LogP contribution in [0, 0.1) is 29.5 Å². The van der Waals surface area contributed by atoms with Gasteiger partial charge in [0.15, 0.2) is 39.7 Å². The molecular formula is C77H43F2N5O2. The average molecular weight is 1110 g/mol. The highest BCUT2D eigenvalue weighted by Gasteiger charge is 2.54. The van der Waals surface area contributed by atoms with Gasteiger partial charge in [-0.1, -0.05) is 164 Å². The van der Waals surface area contributed by atoms with Crippen molar-refractivity contribution in [1.29, 1.82) is 5.26 Å². The predicted molar refractivity (Wildman–Crippen MR) is 342 cm³/mol. The van der Waals surface area contributed by atoms with Crippen LogP contribution in [0.5, 0.6) is 0 Å². The van der Waals surface area contributed by atoms with Crippen molar-refractivity contribution >= 4 is 122 Å². The summed E-state index contributed by atoms with van der Waals surface area (Å²) < 4.78 is 45.2. The second-order valence-corrected chi connectivity index (χ2v) is 21.9. The van der Waals surface area contributed by atoms with Crippen LogP contribution in [0.15, 0.2) is 270 Å². The minimum Gasteiger partial charge on any atom is -0.451 e. The zero-order chi connectivity index (χ0) is 57.4. The van der Waals surface area contributed by atoms with Crippen molar-refractivity contribution in [2.75, 3.05) is 14.7 Å². The van der Waals surface area contributed by atoms with Crippen molar-refractivity contribution in [3.8, 4) is 17.2 Å². The molecule has 0 fully saturated rings. The van der Waals surface area contributed by atoms with Crippen molar-refractivity contribution in [3.63, 3.8) is 0 Å². The molecule has 0 N–H and O–H groups in total. The molecule has 1 aliphatic carbocycles. The van der Waals surface area contributed by atoms with Crippen LogP contribution in [0.1, 0.15) is 27.8 Å². The number of benzene rings is 13. The Balaban J connectivity index is 1.04.